The number of halogens is 1. The summed E-state index contributed by atoms with van der Waals surface area (Å²) in [5.74, 6) is -0.723. The Morgan fingerprint density at radius 3 is 2.40 bits per heavy atom. The highest BCUT2D eigenvalue weighted by Gasteiger charge is 2.27. The molecular weight excluding hydrogens is 347 g/mol. The largest absolute Gasteiger partial charge is 0.494 e. The number of benzene rings is 1. The number of anilines is 2. The van der Waals surface area contributed by atoms with Crippen molar-refractivity contribution in [2.45, 2.75) is 13.8 Å². The van der Waals surface area contributed by atoms with Crippen LogP contribution in [0.1, 0.15) is 10.6 Å². The van der Waals surface area contributed by atoms with Gasteiger partial charge in [-0.2, -0.15) is 0 Å². The maximum Gasteiger partial charge on any atom is 0.295 e. The first kappa shape index (κ1) is 17.4. The van der Waals surface area contributed by atoms with Crippen LogP contribution in [0.15, 0.2) is 12.1 Å². The molecule has 0 aliphatic carbocycles. The molecule has 0 radical (unpaired) electrons. The molecule has 1 saturated heterocycles. The Balaban J connectivity index is 1.81. The summed E-state index contributed by atoms with van der Waals surface area (Å²) >= 11 is 1.65. The normalized spacial score (nSPS) is 14.7. The smallest absolute Gasteiger partial charge is 0.295 e. The van der Waals surface area contributed by atoms with Gasteiger partial charge in [0.05, 0.1) is 23.8 Å². The van der Waals surface area contributed by atoms with E-state index < -0.39 is 10.7 Å². The third kappa shape index (κ3) is 3.37. The Hall–Kier alpha value is -2.42. The van der Waals surface area contributed by atoms with Crippen molar-refractivity contribution >= 4 is 27.8 Å². The molecule has 0 unspecified atom stereocenters. The summed E-state index contributed by atoms with van der Waals surface area (Å²) in [5.41, 5.74) is 1.17. The Morgan fingerprint density at radius 2 is 1.88 bits per heavy atom. The SMILES string of the molecule is COc1cc(N2CCN(c3nc(C)c(C)s3)CC2)c([N+](=O)[O-])cc1F. The molecule has 1 fully saturated rings. The zero-order valence-corrected chi connectivity index (χ0v) is 15.1. The minimum Gasteiger partial charge on any atom is -0.494 e. The predicted octanol–water partition coefficient (Wildman–Crippen LogP) is 3.14. The number of piperazine rings is 1. The van der Waals surface area contributed by atoms with Gasteiger partial charge in [0.15, 0.2) is 16.7 Å². The first-order valence-corrected chi connectivity index (χ1v) is 8.68. The highest BCUT2D eigenvalue weighted by molar-refractivity contribution is 7.15. The molecule has 2 aromatic rings. The number of nitrogens with zero attached hydrogens (tertiary/aromatic N) is 4. The van der Waals surface area contributed by atoms with Gasteiger partial charge in [0.1, 0.15) is 5.69 Å². The number of aryl methyl sites for hydroxylation is 2. The highest BCUT2D eigenvalue weighted by atomic mass is 32.1. The molecule has 3 rings (SSSR count). The van der Waals surface area contributed by atoms with Crippen LogP contribution in [0.25, 0.3) is 0 Å². The van der Waals surface area contributed by atoms with Crippen LogP contribution in [0.3, 0.4) is 0 Å². The molecule has 134 valence electrons. The number of ether oxygens (including phenoxy) is 1. The van der Waals surface area contributed by atoms with Gasteiger partial charge in [0.25, 0.3) is 5.69 Å². The topological polar surface area (TPSA) is 71.7 Å². The van der Waals surface area contributed by atoms with Crippen LogP contribution in [0.2, 0.25) is 0 Å². The maximum atomic E-state index is 13.8. The van der Waals surface area contributed by atoms with Crippen LogP contribution in [0.4, 0.5) is 20.9 Å². The number of rotatable bonds is 4. The molecule has 1 aromatic heterocycles. The minimum atomic E-state index is -0.731. The lowest BCUT2D eigenvalue weighted by molar-refractivity contribution is -0.384. The summed E-state index contributed by atoms with van der Waals surface area (Å²) in [4.78, 5) is 20.6. The van der Waals surface area contributed by atoms with E-state index in [2.05, 4.69) is 9.88 Å². The van der Waals surface area contributed by atoms with Crippen LogP contribution in [-0.2, 0) is 0 Å². The molecule has 0 N–H and O–H groups in total. The lowest BCUT2D eigenvalue weighted by Gasteiger charge is -2.35. The molecule has 0 bridgehead atoms. The van der Waals surface area contributed by atoms with Gasteiger partial charge in [-0.15, -0.1) is 11.3 Å². The van der Waals surface area contributed by atoms with Gasteiger partial charge >= 0.3 is 0 Å². The van der Waals surface area contributed by atoms with E-state index in [0.29, 0.717) is 31.9 Å². The van der Waals surface area contributed by atoms with Crippen LogP contribution >= 0.6 is 11.3 Å². The molecular formula is C16H19FN4O3S. The number of aromatic nitrogens is 1. The minimum absolute atomic E-state index is 0.00852. The monoisotopic (exact) mass is 366 g/mol. The molecule has 1 aromatic carbocycles. The second-order valence-corrected chi connectivity index (χ2v) is 7.03. The van der Waals surface area contributed by atoms with E-state index in [4.69, 9.17) is 4.74 Å². The van der Waals surface area contributed by atoms with Crippen molar-refractivity contribution in [3.8, 4) is 5.75 Å². The first-order chi connectivity index (χ1) is 11.9. The Labute approximate surface area is 148 Å². The number of methoxy groups -OCH3 is 1. The van der Waals surface area contributed by atoms with E-state index in [0.717, 1.165) is 16.9 Å². The number of hydrogen-bond acceptors (Lipinski definition) is 7. The van der Waals surface area contributed by atoms with Gasteiger partial charge in [0, 0.05) is 37.1 Å². The first-order valence-electron chi connectivity index (χ1n) is 7.86. The van der Waals surface area contributed by atoms with Crippen LogP contribution in [-0.4, -0.2) is 43.2 Å². The Kier molecular flexibility index (Phi) is 4.76. The second-order valence-electron chi connectivity index (χ2n) is 5.84. The van der Waals surface area contributed by atoms with Gasteiger partial charge in [0.2, 0.25) is 0 Å². The number of thiazole rings is 1. The van der Waals surface area contributed by atoms with Crippen LogP contribution in [0.5, 0.6) is 5.75 Å². The van der Waals surface area contributed by atoms with Crippen molar-refractivity contribution in [3.63, 3.8) is 0 Å². The molecule has 1 aliphatic rings. The second kappa shape index (κ2) is 6.83. The fraction of sp³-hybridized carbons (Fsp3) is 0.438. The summed E-state index contributed by atoms with van der Waals surface area (Å²) < 4.78 is 18.8. The van der Waals surface area contributed by atoms with Gasteiger partial charge in [-0.1, -0.05) is 0 Å². The van der Waals surface area contributed by atoms with Crippen molar-refractivity contribution in [3.05, 3.63) is 38.6 Å². The predicted molar refractivity (Wildman–Crippen MR) is 95.6 cm³/mol. The van der Waals surface area contributed by atoms with E-state index in [1.807, 2.05) is 18.7 Å². The number of nitro benzene ring substituents is 1. The quantitative estimate of drug-likeness (QED) is 0.611. The molecule has 1 aliphatic heterocycles. The average Bonchev–Trinajstić information content (AvgIpc) is 2.94. The Morgan fingerprint density at radius 1 is 1.24 bits per heavy atom. The van der Waals surface area contributed by atoms with Gasteiger partial charge in [-0.3, -0.25) is 10.1 Å². The summed E-state index contributed by atoms with van der Waals surface area (Å²) in [7, 11) is 1.35. The molecule has 2 heterocycles. The molecule has 0 spiro atoms. The molecule has 7 nitrogen and oxygen atoms in total. The van der Waals surface area contributed by atoms with Crippen molar-refractivity contribution in [2.75, 3.05) is 43.1 Å². The Bertz CT molecular complexity index is 783. The third-order valence-electron chi connectivity index (χ3n) is 4.35. The van der Waals surface area contributed by atoms with Crippen molar-refractivity contribution < 1.29 is 14.1 Å². The summed E-state index contributed by atoms with van der Waals surface area (Å²) in [6.45, 7) is 6.60. The maximum absolute atomic E-state index is 13.8. The summed E-state index contributed by atoms with van der Waals surface area (Å²) in [6, 6.07) is 2.33. The van der Waals surface area contributed by atoms with Gasteiger partial charge in [-0.25, -0.2) is 9.37 Å². The fourth-order valence-corrected chi connectivity index (χ4v) is 3.78. The van der Waals surface area contributed by atoms with Crippen molar-refractivity contribution in [1.29, 1.82) is 0 Å². The van der Waals surface area contributed by atoms with Gasteiger partial charge in [-0.05, 0) is 13.8 Å². The van der Waals surface area contributed by atoms with Crippen molar-refractivity contribution in [1.82, 2.24) is 4.98 Å². The highest BCUT2D eigenvalue weighted by Crippen LogP contribution is 2.35. The molecule has 0 amide bonds. The van der Waals surface area contributed by atoms with E-state index >= 15 is 0 Å². The number of hydrogen-bond donors (Lipinski definition) is 0. The van der Waals surface area contributed by atoms with Crippen LogP contribution in [0, 0.1) is 29.8 Å². The molecule has 0 atom stereocenters. The zero-order chi connectivity index (χ0) is 18.1. The standard InChI is InChI=1S/C16H19FN4O3S/c1-10-11(2)25-16(18-10)20-6-4-19(5-7-20)13-9-15(24-3)12(17)8-14(13)21(22)23/h8-9H,4-7H2,1-3H3. The third-order valence-corrected chi connectivity index (χ3v) is 5.49. The lowest BCUT2D eigenvalue weighted by atomic mass is 10.2. The fourth-order valence-electron chi connectivity index (χ4n) is 2.82. The van der Waals surface area contributed by atoms with E-state index in [1.165, 1.54) is 18.1 Å². The van der Waals surface area contributed by atoms with Crippen LogP contribution < -0.4 is 14.5 Å². The summed E-state index contributed by atoms with van der Waals surface area (Å²) in [5, 5.41) is 12.3. The van der Waals surface area contributed by atoms with E-state index in [9.17, 15) is 14.5 Å². The van der Waals surface area contributed by atoms with Crippen molar-refractivity contribution in [2.24, 2.45) is 0 Å². The lowest BCUT2D eigenvalue weighted by Crippen LogP contribution is -2.46. The zero-order valence-electron chi connectivity index (χ0n) is 14.3. The number of nitro groups is 1. The summed E-state index contributed by atoms with van der Waals surface area (Å²) in [6.07, 6.45) is 0. The average molecular weight is 366 g/mol. The van der Waals surface area contributed by atoms with Gasteiger partial charge < -0.3 is 14.5 Å². The molecule has 9 heteroatoms. The van der Waals surface area contributed by atoms with E-state index in [1.54, 1.807) is 11.3 Å². The van der Waals surface area contributed by atoms with E-state index in [-0.39, 0.29) is 11.4 Å². The molecule has 25 heavy (non-hydrogen) atoms. The molecule has 0 saturated carbocycles.